The summed E-state index contributed by atoms with van der Waals surface area (Å²) in [7, 11) is 0. The highest BCUT2D eigenvalue weighted by Crippen LogP contribution is 2.44. The molecule has 1 saturated heterocycles. The summed E-state index contributed by atoms with van der Waals surface area (Å²) >= 11 is 0. The molecule has 2 aliphatic rings. The molecule has 1 atom stereocenters. The number of amides is 1. The van der Waals surface area contributed by atoms with E-state index < -0.39 is 17.5 Å². The van der Waals surface area contributed by atoms with Gasteiger partial charge in [0.15, 0.2) is 0 Å². The fourth-order valence-electron chi connectivity index (χ4n) is 5.32. The fourth-order valence-corrected chi connectivity index (χ4v) is 5.32. The number of morpholine rings is 1. The van der Waals surface area contributed by atoms with Crippen LogP contribution in [0.15, 0.2) is 54.7 Å². The van der Waals surface area contributed by atoms with Crippen LogP contribution in [0.5, 0.6) is 0 Å². The molecule has 1 aromatic heterocycles. The first kappa shape index (κ1) is 24.4. The number of hydrogen-bond donors (Lipinski definition) is 1. The minimum atomic E-state index is -3.12. The number of nitrogens with zero attached hydrogens (tertiary/aromatic N) is 2. The molecule has 1 amide bonds. The Labute approximate surface area is 210 Å². The number of halogens is 2. The van der Waals surface area contributed by atoms with Crippen molar-refractivity contribution in [1.82, 2.24) is 4.98 Å². The monoisotopic (exact) mass is 491 g/mol. The summed E-state index contributed by atoms with van der Waals surface area (Å²) in [6, 6.07) is 15.2. The lowest BCUT2D eigenvalue weighted by Gasteiger charge is -2.50. The predicted molar refractivity (Wildman–Crippen MR) is 138 cm³/mol. The molecule has 1 fully saturated rings. The molecule has 5 rings (SSSR count). The van der Waals surface area contributed by atoms with Gasteiger partial charge in [-0.2, -0.15) is 8.78 Å². The molecule has 3 heterocycles. The predicted octanol–water partition coefficient (Wildman–Crippen LogP) is 6.21. The number of pyridine rings is 1. The molecule has 2 aromatic carbocycles. The van der Waals surface area contributed by atoms with Crippen molar-refractivity contribution in [3.8, 4) is 11.1 Å². The van der Waals surface area contributed by atoms with Crippen molar-refractivity contribution in [2.75, 3.05) is 30.0 Å². The third kappa shape index (κ3) is 4.60. The second kappa shape index (κ2) is 8.96. The van der Waals surface area contributed by atoms with E-state index in [-0.39, 0.29) is 11.0 Å². The summed E-state index contributed by atoms with van der Waals surface area (Å²) in [5.41, 5.74) is 6.19. The number of alkyl halides is 2. The van der Waals surface area contributed by atoms with E-state index in [0.29, 0.717) is 11.7 Å². The number of hydrogen-bond acceptors (Lipinski definition) is 4. The van der Waals surface area contributed by atoms with Crippen LogP contribution < -0.4 is 10.2 Å². The van der Waals surface area contributed by atoms with Gasteiger partial charge >= 0.3 is 0 Å². The number of ether oxygens (including phenoxy) is 1. The second-order valence-electron chi connectivity index (χ2n) is 10.6. The summed E-state index contributed by atoms with van der Waals surface area (Å²) in [5, 5.41) is 2.85. The van der Waals surface area contributed by atoms with Gasteiger partial charge in [-0.15, -0.1) is 0 Å². The maximum absolute atomic E-state index is 13.7. The van der Waals surface area contributed by atoms with Crippen molar-refractivity contribution < 1.29 is 18.3 Å². The molecule has 0 spiro atoms. The molecule has 0 aliphatic carbocycles. The quantitative estimate of drug-likeness (QED) is 0.472. The summed E-state index contributed by atoms with van der Waals surface area (Å²) in [5.74, 6) is -3.57. The minimum absolute atomic E-state index is 0.129. The van der Waals surface area contributed by atoms with E-state index in [4.69, 9.17) is 4.74 Å². The molecular weight excluding hydrogens is 460 g/mol. The normalized spacial score (nSPS) is 18.8. The Morgan fingerprint density at radius 3 is 2.75 bits per heavy atom. The van der Waals surface area contributed by atoms with Crippen LogP contribution in [0.25, 0.3) is 11.1 Å². The van der Waals surface area contributed by atoms with Crippen LogP contribution in [0.4, 0.5) is 20.2 Å². The number of nitrogens with one attached hydrogen (secondary N) is 1. The number of carbonyl (C=O) groups excluding carboxylic acids is 1. The van der Waals surface area contributed by atoms with Crippen LogP contribution in [0.2, 0.25) is 0 Å². The van der Waals surface area contributed by atoms with Crippen LogP contribution in [0, 0.1) is 12.3 Å². The van der Waals surface area contributed by atoms with Crippen molar-refractivity contribution in [2.45, 2.75) is 46.1 Å². The SMILES string of the molecule is Cc1ccc(NC(=O)c2ccnc(C(C)(F)F)c2)cc1-c1ccc2c(c1)N1CCOCC1C(C)(C)C2. The Kier molecular flexibility index (Phi) is 6.07. The zero-order chi connectivity index (χ0) is 25.7. The summed E-state index contributed by atoms with van der Waals surface area (Å²) < 4.78 is 33.2. The summed E-state index contributed by atoms with van der Waals surface area (Å²) in [6.07, 6.45) is 2.22. The topological polar surface area (TPSA) is 54.5 Å². The molecule has 2 aliphatic heterocycles. The highest BCUT2D eigenvalue weighted by Gasteiger charge is 2.41. The first-order valence-electron chi connectivity index (χ1n) is 12.3. The van der Waals surface area contributed by atoms with Crippen molar-refractivity contribution in [2.24, 2.45) is 5.41 Å². The zero-order valence-electron chi connectivity index (χ0n) is 21.1. The van der Waals surface area contributed by atoms with Gasteiger partial charge in [0.1, 0.15) is 5.69 Å². The second-order valence-corrected chi connectivity index (χ2v) is 10.6. The average molecular weight is 492 g/mol. The maximum atomic E-state index is 13.7. The molecule has 188 valence electrons. The number of fused-ring (bicyclic) bond motifs is 3. The third-order valence-electron chi connectivity index (χ3n) is 7.35. The molecule has 36 heavy (non-hydrogen) atoms. The van der Waals surface area contributed by atoms with Gasteiger partial charge in [0.2, 0.25) is 0 Å². The Morgan fingerprint density at radius 1 is 1.17 bits per heavy atom. The lowest BCUT2D eigenvalue weighted by Crippen LogP contribution is -2.56. The summed E-state index contributed by atoms with van der Waals surface area (Å²) in [4.78, 5) is 19.0. The molecule has 5 nitrogen and oxygen atoms in total. The van der Waals surface area contributed by atoms with E-state index in [1.807, 2.05) is 25.1 Å². The summed E-state index contributed by atoms with van der Waals surface area (Å²) in [6.45, 7) is 9.74. The fraction of sp³-hybridized carbons (Fsp3) is 0.379. The van der Waals surface area contributed by atoms with Gasteiger partial charge in [0, 0.05) is 36.6 Å². The van der Waals surface area contributed by atoms with E-state index in [2.05, 4.69) is 47.2 Å². The molecule has 1 unspecified atom stereocenters. The van der Waals surface area contributed by atoms with Gasteiger partial charge in [0.05, 0.1) is 19.3 Å². The van der Waals surface area contributed by atoms with Gasteiger partial charge < -0.3 is 15.0 Å². The van der Waals surface area contributed by atoms with Crippen LogP contribution in [0.1, 0.15) is 48.0 Å². The largest absolute Gasteiger partial charge is 0.377 e. The average Bonchev–Trinajstić information content (AvgIpc) is 2.84. The van der Waals surface area contributed by atoms with Crippen LogP contribution in [-0.2, 0) is 17.1 Å². The van der Waals surface area contributed by atoms with Crippen molar-refractivity contribution in [3.63, 3.8) is 0 Å². The van der Waals surface area contributed by atoms with Crippen molar-refractivity contribution >= 4 is 17.3 Å². The van der Waals surface area contributed by atoms with Gasteiger partial charge in [-0.3, -0.25) is 9.78 Å². The van der Waals surface area contributed by atoms with E-state index in [0.717, 1.165) is 55.9 Å². The highest BCUT2D eigenvalue weighted by molar-refractivity contribution is 6.04. The van der Waals surface area contributed by atoms with Crippen LogP contribution in [0.3, 0.4) is 0 Å². The first-order valence-corrected chi connectivity index (χ1v) is 12.3. The first-order chi connectivity index (χ1) is 17.0. The van der Waals surface area contributed by atoms with Gasteiger partial charge in [-0.05, 0) is 71.3 Å². The number of rotatable bonds is 4. The molecule has 0 saturated carbocycles. The van der Waals surface area contributed by atoms with E-state index in [1.165, 1.54) is 23.5 Å². The number of carbonyl (C=O) groups is 1. The number of benzene rings is 2. The standard InChI is InChI=1S/C29H31F2N3O2/c1-18-5-8-22(33-27(35)20-9-10-32-25(14-20)29(4,30)31)15-23(18)19-6-7-21-16-28(2,3)26-17-36-12-11-34(26)24(21)13-19/h5-10,13-15,26H,11-12,16-17H2,1-4H3,(H,33,35). The molecule has 7 heteroatoms. The number of anilines is 2. The lowest BCUT2D eigenvalue weighted by atomic mass is 9.74. The molecule has 0 radical (unpaired) electrons. The molecular formula is C29H31F2N3O2. The Morgan fingerprint density at radius 2 is 1.97 bits per heavy atom. The van der Waals surface area contributed by atoms with E-state index in [1.54, 1.807) is 0 Å². The third-order valence-corrected chi connectivity index (χ3v) is 7.35. The molecule has 0 bridgehead atoms. The minimum Gasteiger partial charge on any atom is -0.377 e. The molecule has 3 aromatic rings. The van der Waals surface area contributed by atoms with Crippen LogP contribution >= 0.6 is 0 Å². The smallest absolute Gasteiger partial charge is 0.286 e. The van der Waals surface area contributed by atoms with Crippen molar-refractivity contribution in [3.05, 3.63) is 77.1 Å². The van der Waals surface area contributed by atoms with Crippen LogP contribution in [-0.4, -0.2) is 36.7 Å². The van der Waals surface area contributed by atoms with Crippen molar-refractivity contribution in [1.29, 1.82) is 0 Å². The number of aryl methyl sites for hydroxylation is 1. The van der Waals surface area contributed by atoms with E-state index in [9.17, 15) is 13.6 Å². The zero-order valence-corrected chi connectivity index (χ0v) is 21.1. The van der Waals surface area contributed by atoms with Gasteiger partial charge in [-0.1, -0.05) is 32.0 Å². The highest BCUT2D eigenvalue weighted by atomic mass is 19.3. The van der Waals surface area contributed by atoms with Gasteiger partial charge in [-0.25, -0.2) is 0 Å². The Bertz CT molecular complexity index is 1320. The van der Waals surface area contributed by atoms with E-state index >= 15 is 0 Å². The maximum Gasteiger partial charge on any atom is 0.286 e. The molecule has 1 N–H and O–H groups in total. The lowest BCUT2D eigenvalue weighted by molar-refractivity contribution is 0.0127. The van der Waals surface area contributed by atoms with Gasteiger partial charge in [0.25, 0.3) is 11.8 Å². The Balaban J connectivity index is 1.44. The Hall–Kier alpha value is -3.32. The number of aromatic nitrogens is 1.